The van der Waals surface area contributed by atoms with Crippen LogP contribution in [0.15, 0.2) is 48.9 Å². The maximum atomic E-state index is 11.1. The molecule has 0 fully saturated rings. The summed E-state index contributed by atoms with van der Waals surface area (Å²) in [5.74, 6) is -1.31. The predicted molar refractivity (Wildman–Crippen MR) is 95.1 cm³/mol. The van der Waals surface area contributed by atoms with Crippen molar-refractivity contribution in [3.63, 3.8) is 0 Å². The number of carbonyl (C=O) groups is 1. The first-order valence-electron chi connectivity index (χ1n) is 8.07. The fourth-order valence-corrected chi connectivity index (χ4v) is 3.12. The van der Waals surface area contributed by atoms with Gasteiger partial charge in [-0.2, -0.15) is 0 Å². The summed E-state index contributed by atoms with van der Waals surface area (Å²) in [6, 6.07) is 10.9. The summed E-state index contributed by atoms with van der Waals surface area (Å²) in [6.45, 7) is 4.18. The van der Waals surface area contributed by atoms with Crippen molar-refractivity contribution in [3.05, 3.63) is 82.4 Å². The lowest BCUT2D eigenvalue weighted by atomic mass is 9.85. The van der Waals surface area contributed by atoms with Gasteiger partial charge in [-0.1, -0.05) is 24.3 Å². The molecule has 0 aliphatic carbocycles. The lowest BCUT2D eigenvalue weighted by Crippen LogP contribution is -2.08. The van der Waals surface area contributed by atoms with E-state index >= 15 is 0 Å². The van der Waals surface area contributed by atoms with Crippen LogP contribution in [0.1, 0.15) is 44.2 Å². The Morgan fingerprint density at radius 1 is 1.24 bits per heavy atom. The van der Waals surface area contributed by atoms with E-state index in [0.717, 1.165) is 11.3 Å². The van der Waals surface area contributed by atoms with Crippen molar-refractivity contribution in [2.45, 2.75) is 26.2 Å². The standard InChI is InChI=1S/C20H20N2O3/c1-12-4-3-5-15(13(12)2)17(18-10-21-11-22-18)8-14-6-7-16(20(24)25)19(23)9-14/h3-7,9-11,17,23H,8H2,1-2H3,(H,21,22)(H,24,25). The van der Waals surface area contributed by atoms with Crippen LogP contribution in [0.5, 0.6) is 5.75 Å². The molecule has 3 rings (SSSR count). The van der Waals surface area contributed by atoms with Gasteiger partial charge in [-0.05, 0) is 54.7 Å². The fourth-order valence-electron chi connectivity index (χ4n) is 3.12. The van der Waals surface area contributed by atoms with Gasteiger partial charge in [-0.3, -0.25) is 0 Å². The molecule has 5 nitrogen and oxygen atoms in total. The average Bonchev–Trinajstić information content (AvgIpc) is 3.09. The van der Waals surface area contributed by atoms with E-state index in [1.165, 1.54) is 28.8 Å². The highest BCUT2D eigenvalue weighted by Crippen LogP contribution is 2.32. The van der Waals surface area contributed by atoms with Crippen LogP contribution in [0.4, 0.5) is 0 Å². The number of hydrogen-bond donors (Lipinski definition) is 3. The number of hydrogen-bond acceptors (Lipinski definition) is 3. The molecule has 0 saturated heterocycles. The molecule has 1 atom stereocenters. The molecule has 0 radical (unpaired) electrons. The van der Waals surface area contributed by atoms with Gasteiger partial charge in [0.05, 0.1) is 6.33 Å². The third-order valence-corrected chi connectivity index (χ3v) is 4.65. The molecule has 0 aliphatic rings. The van der Waals surface area contributed by atoms with Crippen molar-refractivity contribution in [2.75, 3.05) is 0 Å². The summed E-state index contributed by atoms with van der Waals surface area (Å²) < 4.78 is 0. The van der Waals surface area contributed by atoms with Gasteiger partial charge in [0, 0.05) is 17.8 Å². The SMILES string of the molecule is Cc1cccc(C(Cc2ccc(C(=O)O)c(O)c2)c2cnc[nH]2)c1C. The van der Waals surface area contributed by atoms with E-state index in [1.54, 1.807) is 18.6 Å². The van der Waals surface area contributed by atoms with Crippen LogP contribution in [-0.2, 0) is 6.42 Å². The van der Waals surface area contributed by atoms with Gasteiger partial charge in [-0.25, -0.2) is 9.78 Å². The fraction of sp³-hybridized carbons (Fsp3) is 0.200. The molecule has 0 spiro atoms. The molecule has 5 heteroatoms. The number of aromatic nitrogens is 2. The lowest BCUT2D eigenvalue weighted by Gasteiger charge is -2.20. The minimum atomic E-state index is -1.14. The minimum absolute atomic E-state index is 0.0393. The summed E-state index contributed by atoms with van der Waals surface area (Å²) in [6.07, 6.45) is 4.08. The molecule has 1 aromatic heterocycles. The zero-order valence-electron chi connectivity index (χ0n) is 14.2. The number of nitrogens with one attached hydrogen (secondary N) is 1. The largest absolute Gasteiger partial charge is 0.507 e. The first kappa shape index (κ1) is 16.8. The van der Waals surface area contributed by atoms with Crippen molar-refractivity contribution in [3.8, 4) is 5.75 Å². The molecule has 3 aromatic rings. The van der Waals surface area contributed by atoms with E-state index in [2.05, 4.69) is 35.9 Å². The zero-order valence-corrected chi connectivity index (χ0v) is 14.2. The molecule has 25 heavy (non-hydrogen) atoms. The van der Waals surface area contributed by atoms with Crippen LogP contribution in [0, 0.1) is 13.8 Å². The number of aromatic amines is 1. The maximum Gasteiger partial charge on any atom is 0.339 e. The maximum absolute atomic E-state index is 11.1. The Balaban J connectivity index is 2.01. The van der Waals surface area contributed by atoms with Gasteiger partial charge in [0.15, 0.2) is 0 Å². The smallest absolute Gasteiger partial charge is 0.339 e. The number of nitrogens with zero attached hydrogens (tertiary/aromatic N) is 1. The molecule has 0 amide bonds. The summed E-state index contributed by atoms with van der Waals surface area (Å²) in [7, 11) is 0. The Kier molecular flexibility index (Phi) is 4.57. The van der Waals surface area contributed by atoms with Crippen molar-refractivity contribution >= 4 is 5.97 Å². The van der Waals surface area contributed by atoms with E-state index in [9.17, 15) is 9.90 Å². The summed E-state index contributed by atoms with van der Waals surface area (Å²) in [5.41, 5.74) is 5.37. The third-order valence-electron chi connectivity index (χ3n) is 4.65. The van der Waals surface area contributed by atoms with Gasteiger partial charge in [-0.15, -0.1) is 0 Å². The monoisotopic (exact) mass is 336 g/mol. The van der Waals surface area contributed by atoms with Crippen molar-refractivity contribution in [1.82, 2.24) is 9.97 Å². The second-order valence-corrected chi connectivity index (χ2v) is 6.21. The molecule has 1 heterocycles. The quantitative estimate of drug-likeness (QED) is 0.661. The number of H-pyrrole nitrogens is 1. The van der Waals surface area contributed by atoms with Gasteiger partial charge < -0.3 is 15.2 Å². The Hall–Kier alpha value is -3.08. The molecule has 0 aliphatic heterocycles. The molecule has 128 valence electrons. The summed E-state index contributed by atoms with van der Waals surface area (Å²) in [5, 5.41) is 19.0. The molecular formula is C20H20N2O3. The van der Waals surface area contributed by atoms with Crippen molar-refractivity contribution in [2.24, 2.45) is 0 Å². The highest BCUT2D eigenvalue weighted by molar-refractivity contribution is 5.90. The Morgan fingerprint density at radius 3 is 2.68 bits per heavy atom. The summed E-state index contributed by atoms with van der Waals surface area (Å²) >= 11 is 0. The predicted octanol–water partition coefficient (Wildman–Crippen LogP) is 3.80. The van der Waals surface area contributed by atoms with Crippen molar-refractivity contribution < 1.29 is 15.0 Å². The topological polar surface area (TPSA) is 86.2 Å². The van der Waals surface area contributed by atoms with Gasteiger partial charge in [0.2, 0.25) is 0 Å². The van der Waals surface area contributed by atoms with E-state index < -0.39 is 5.97 Å². The number of benzene rings is 2. The van der Waals surface area contributed by atoms with E-state index in [0.29, 0.717) is 6.42 Å². The number of aromatic carboxylic acids is 1. The number of rotatable bonds is 5. The van der Waals surface area contributed by atoms with Crippen LogP contribution in [-0.4, -0.2) is 26.2 Å². The number of carboxylic acid groups (broad SMARTS) is 1. The highest BCUT2D eigenvalue weighted by atomic mass is 16.4. The van der Waals surface area contributed by atoms with E-state index in [4.69, 9.17) is 5.11 Å². The molecule has 0 saturated carbocycles. The van der Waals surface area contributed by atoms with E-state index in [1.807, 2.05) is 6.07 Å². The Bertz CT molecular complexity index is 901. The summed E-state index contributed by atoms with van der Waals surface area (Å²) in [4.78, 5) is 18.4. The number of aryl methyl sites for hydroxylation is 1. The number of phenols is 1. The molecule has 1 unspecified atom stereocenters. The molecular weight excluding hydrogens is 316 g/mol. The molecule has 0 bridgehead atoms. The number of aromatic hydroxyl groups is 1. The Labute approximate surface area is 146 Å². The normalized spacial score (nSPS) is 12.1. The number of carboxylic acids is 1. The van der Waals surface area contributed by atoms with Crippen LogP contribution >= 0.6 is 0 Å². The molecule has 2 aromatic carbocycles. The first-order valence-corrected chi connectivity index (χ1v) is 8.07. The van der Waals surface area contributed by atoms with Crippen molar-refractivity contribution in [1.29, 1.82) is 0 Å². The lowest BCUT2D eigenvalue weighted by molar-refractivity contribution is 0.0693. The van der Waals surface area contributed by atoms with Gasteiger partial charge in [0.1, 0.15) is 11.3 Å². The zero-order chi connectivity index (χ0) is 18.0. The van der Waals surface area contributed by atoms with Crippen LogP contribution in [0.3, 0.4) is 0 Å². The van der Waals surface area contributed by atoms with Gasteiger partial charge in [0.25, 0.3) is 0 Å². The average molecular weight is 336 g/mol. The van der Waals surface area contributed by atoms with Crippen LogP contribution < -0.4 is 0 Å². The van der Waals surface area contributed by atoms with E-state index in [-0.39, 0.29) is 17.2 Å². The highest BCUT2D eigenvalue weighted by Gasteiger charge is 2.20. The first-order chi connectivity index (χ1) is 12.0. The second-order valence-electron chi connectivity index (χ2n) is 6.21. The van der Waals surface area contributed by atoms with Crippen LogP contribution in [0.2, 0.25) is 0 Å². The minimum Gasteiger partial charge on any atom is -0.507 e. The second kappa shape index (κ2) is 6.81. The number of imidazole rings is 1. The van der Waals surface area contributed by atoms with Gasteiger partial charge >= 0.3 is 5.97 Å². The van der Waals surface area contributed by atoms with Crippen LogP contribution in [0.25, 0.3) is 0 Å². The third kappa shape index (κ3) is 3.40. The molecule has 3 N–H and O–H groups in total. The Morgan fingerprint density at radius 2 is 2.04 bits per heavy atom.